The fraction of sp³-hybridized carbons (Fsp3) is 0.667. The van der Waals surface area contributed by atoms with Gasteiger partial charge in [-0.1, -0.05) is 6.42 Å². The van der Waals surface area contributed by atoms with Crippen molar-refractivity contribution in [2.24, 2.45) is 0 Å². The molecule has 0 atom stereocenters. The zero-order valence-electron chi connectivity index (χ0n) is 13.7. The quantitative estimate of drug-likeness (QED) is 0.751. The molecule has 0 saturated carbocycles. The number of anilines is 1. The predicted octanol–water partition coefficient (Wildman–Crippen LogP) is 3.48. The molecule has 0 aliphatic carbocycles. The van der Waals surface area contributed by atoms with Crippen molar-refractivity contribution < 1.29 is 14.3 Å². The molecule has 1 aromatic rings. The Morgan fingerprint density at radius 3 is 2.59 bits per heavy atom. The summed E-state index contributed by atoms with van der Waals surface area (Å²) in [6, 6.07) is 0. The highest BCUT2D eigenvalue weighted by atomic mass is 32.1. The van der Waals surface area contributed by atoms with Crippen LogP contribution in [0.1, 0.15) is 52.1 Å². The molecule has 0 bridgehead atoms. The van der Waals surface area contributed by atoms with E-state index < -0.39 is 11.7 Å². The normalized spacial score (nSPS) is 11.1. The van der Waals surface area contributed by atoms with Crippen molar-refractivity contribution in [3.8, 4) is 0 Å². The van der Waals surface area contributed by atoms with E-state index in [-0.39, 0.29) is 5.91 Å². The highest BCUT2D eigenvalue weighted by molar-refractivity contribution is 7.13. The van der Waals surface area contributed by atoms with Crippen molar-refractivity contribution in [2.75, 3.05) is 11.9 Å². The maximum Gasteiger partial charge on any atom is 0.407 e. The zero-order chi connectivity index (χ0) is 16.6. The monoisotopic (exact) mass is 327 g/mol. The van der Waals surface area contributed by atoms with Crippen LogP contribution in [0, 0.1) is 6.92 Å². The Labute approximate surface area is 135 Å². The van der Waals surface area contributed by atoms with Gasteiger partial charge in [-0.3, -0.25) is 4.79 Å². The summed E-state index contributed by atoms with van der Waals surface area (Å²) >= 11 is 1.43. The number of amides is 2. The Balaban J connectivity index is 2.03. The van der Waals surface area contributed by atoms with Gasteiger partial charge in [-0.2, -0.15) is 0 Å². The molecule has 0 aliphatic rings. The molecule has 7 heteroatoms. The summed E-state index contributed by atoms with van der Waals surface area (Å²) in [5.74, 6) is -0.0190. The molecule has 1 heterocycles. The minimum Gasteiger partial charge on any atom is -0.444 e. The molecular weight excluding hydrogens is 302 g/mol. The fourth-order valence-corrected chi connectivity index (χ4v) is 2.39. The second kappa shape index (κ2) is 8.73. The van der Waals surface area contributed by atoms with Crippen molar-refractivity contribution in [1.82, 2.24) is 10.3 Å². The SMILES string of the molecule is Cc1csc(NC(=O)CCCCCNC(=O)OC(C)(C)C)n1. The van der Waals surface area contributed by atoms with E-state index in [1.54, 1.807) is 0 Å². The van der Waals surface area contributed by atoms with Crippen LogP contribution in [0.25, 0.3) is 0 Å². The number of unbranched alkanes of at least 4 members (excludes halogenated alkanes) is 2. The lowest BCUT2D eigenvalue weighted by Gasteiger charge is -2.19. The van der Waals surface area contributed by atoms with Crippen LogP contribution in [-0.4, -0.2) is 29.1 Å². The fourth-order valence-electron chi connectivity index (χ4n) is 1.69. The Bertz CT molecular complexity index is 494. The smallest absolute Gasteiger partial charge is 0.407 e. The van der Waals surface area contributed by atoms with Crippen molar-refractivity contribution in [3.63, 3.8) is 0 Å². The number of thiazole rings is 1. The largest absolute Gasteiger partial charge is 0.444 e. The third kappa shape index (κ3) is 8.61. The number of hydrogen-bond donors (Lipinski definition) is 2. The van der Waals surface area contributed by atoms with E-state index in [4.69, 9.17) is 4.74 Å². The topological polar surface area (TPSA) is 80.3 Å². The Morgan fingerprint density at radius 1 is 1.27 bits per heavy atom. The molecule has 6 nitrogen and oxygen atoms in total. The van der Waals surface area contributed by atoms with Crippen molar-refractivity contribution in [3.05, 3.63) is 11.1 Å². The van der Waals surface area contributed by atoms with E-state index in [0.29, 0.717) is 18.1 Å². The second-order valence-corrected chi connectivity index (χ2v) is 6.94. The van der Waals surface area contributed by atoms with Gasteiger partial charge in [0.05, 0.1) is 5.69 Å². The Kier molecular flexibility index (Phi) is 7.31. The third-order valence-electron chi connectivity index (χ3n) is 2.61. The number of aryl methyl sites for hydroxylation is 1. The van der Waals surface area contributed by atoms with Crippen LogP contribution in [-0.2, 0) is 9.53 Å². The number of carbonyl (C=O) groups is 2. The number of aromatic nitrogens is 1. The van der Waals surface area contributed by atoms with Crippen LogP contribution < -0.4 is 10.6 Å². The number of alkyl carbamates (subject to hydrolysis) is 1. The maximum absolute atomic E-state index is 11.7. The first-order chi connectivity index (χ1) is 10.3. The van der Waals surface area contributed by atoms with Gasteiger partial charge in [-0.15, -0.1) is 11.3 Å². The van der Waals surface area contributed by atoms with Gasteiger partial charge < -0.3 is 15.4 Å². The predicted molar refractivity (Wildman–Crippen MR) is 88.2 cm³/mol. The molecule has 0 saturated heterocycles. The Hall–Kier alpha value is -1.63. The van der Waals surface area contributed by atoms with Gasteiger partial charge in [-0.25, -0.2) is 9.78 Å². The molecule has 0 spiro atoms. The van der Waals surface area contributed by atoms with Crippen LogP contribution in [0.3, 0.4) is 0 Å². The van der Waals surface area contributed by atoms with Gasteiger partial charge >= 0.3 is 6.09 Å². The van der Waals surface area contributed by atoms with Gasteiger partial charge in [0.15, 0.2) is 5.13 Å². The number of nitrogens with one attached hydrogen (secondary N) is 2. The summed E-state index contributed by atoms with van der Waals surface area (Å²) in [6.07, 6.45) is 2.55. The zero-order valence-corrected chi connectivity index (χ0v) is 14.5. The van der Waals surface area contributed by atoms with Crippen LogP contribution >= 0.6 is 11.3 Å². The summed E-state index contributed by atoms with van der Waals surface area (Å²) in [5.41, 5.74) is 0.435. The minimum atomic E-state index is -0.476. The van der Waals surface area contributed by atoms with Gasteiger partial charge in [0, 0.05) is 18.3 Å². The summed E-state index contributed by atoms with van der Waals surface area (Å²) < 4.78 is 5.13. The summed E-state index contributed by atoms with van der Waals surface area (Å²) in [5, 5.41) is 8.02. The van der Waals surface area contributed by atoms with E-state index in [9.17, 15) is 9.59 Å². The molecule has 2 amide bonds. The van der Waals surface area contributed by atoms with Crippen molar-refractivity contribution in [2.45, 2.75) is 59.0 Å². The van der Waals surface area contributed by atoms with Crippen LogP contribution in [0.2, 0.25) is 0 Å². The first-order valence-electron chi connectivity index (χ1n) is 7.45. The summed E-state index contributed by atoms with van der Waals surface area (Å²) in [6.45, 7) is 7.94. The molecule has 0 aliphatic heterocycles. The molecule has 1 rings (SSSR count). The molecular formula is C15H25N3O3S. The molecule has 1 aromatic heterocycles. The highest BCUT2D eigenvalue weighted by Crippen LogP contribution is 2.15. The maximum atomic E-state index is 11.7. The lowest BCUT2D eigenvalue weighted by Crippen LogP contribution is -2.33. The lowest BCUT2D eigenvalue weighted by atomic mass is 10.2. The summed E-state index contributed by atoms with van der Waals surface area (Å²) in [7, 11) is 0. The molecule has 0 fully saturated rings. The van der Waals surface area contributed by atoms with Gasteiger partial charge in [-0.05, 0) is 40.5 Å². The first kappa shape index (κ1) is 18.4. The number of nitrogens with zero attached hydrogens (tertiary/aromatic N) is 1. The van der Waals surface area contributed by atoms with E-state index in [0.717, 1.165) is 25.0 Å². The molecule has 124 valence electrons. The van der Waals surface area contributed by atoms with Gasteiger partial charge in [0.2, 0.25) is 5.91 Å². The van der Waals surface area contributed by atoms with Crippen molar-refractivity contribution >= 4 is 28.5 Å². The van der Waals surface area contributed by atoms with E-state index in [1.165, 1.54) is 11.3 Å². The molecule has 22 heavy (non-hydrogen) atoms. The van der Waals surface area contributed by atoms with Gasteiger partial charge in [0.1, 0.15) is 5.60 Å². The van der Waals surface area contributed by atoms with Crippen LogP contribution in [0.15, 0.2) is 5.38 Å². The number of ether oxygens (including phenoxy) is 1. The third-order valence-corrected chi connectivity index (χ3v) is 3.49. The van der Waals surface area contributed by atoms with E-state index in [2.05, 4.69) is 15.6 Å². The second-order valence-electron chi connectivity index (χ2n) is 6.08. The average Bonchev–Trinajstić information content (AvgIpc) is 2.76. The standard InChI is InChI=1S/C15H25N3O3S/c1-11-10-22-13(17-11)18-12(19)8-6-5-7-9-16-14(20)21-15(2,3)4/h10H,5-9H2,1-4H3,(H,16,20)(H,17,18,19). The average molecular weight is 327 g/mol. The highest BCUT2D eigenvalue weighted by Gasteiger charge is 2.15. The van der Waals surface area contributed by atoms with Crippen molar-refractivity contribution in [1.29, 1.82) is 0 Å². The van der Waals surface area contributed by atoms with Crippen LogP contribution in [0.5, 0.6) is 0 Å². The summed E-state index contributed by atoms with van der Waals surface area (Å²) in [4.78, 5) is 27.3. The van der Waals surface area contributed by atoms with E-state index in [1.807, 2.05) is 33.1 Å². The number of hydrogen-bond acceptors (Lipinski definition) is 5. The van der Waals surface area contributed by atoms with E-state index >= 15 is 0 Å². The number of rotatable bonds is 7. The lowest BCUT2D eigenvalue weighted by molar-refractivity contribution is -0.116. The number of carbonyl (C=O) groups excluding carboxylic acids is 2. The minimum absolute atomic E-state index is 0.0190. The molecule has 0 radical (unpaired) electrons. The van der Waals surface area contributed by atoms with Crippen LogP contribution in [0.4, 0.5) is 9.93 Å². The first-order valence-corrected chi connectivity index (χ1v) is 8.33. The molecule has 2 N–H and O–H groups in total. The molecule has 0 unspecified atom stereocenters. The Morgan fingerprint density at radius 2 is 2.00 bits per heavy atom. The molecule has 0 aromatic carbocycles. The van der Waals surface area contributed by atoms with Gasteiger partial charge in [0.25, 0.3) is 0 Å².